The monoisotopic (exact) mass is 1880 g/mol. The number of nitrogens with zero attached hydrogens (tertiary/aromatic N) is 17. The number of rotatable bonds is 26. The Morgan fingerprint density at radius 2 is 0.877 bits per heavy atom. The molecule has 3 atom stereocenters. The van der Waals surface area contributed by atoms with Crippen molar-refractivity contribution in [1.29, 1.82) is 0 Å². The summed E-state index contributed by atoms with van der Waals surface area (Å²) in [4.78, 5) is 126. The number of carbonyl (C=O) groups excluding carboxylic acids is 6. The molecule has 15 heterocycles. The van der Waals surface area contributed by atoms with E-state index in [1.165, 1.54) is 36.6 Å². The summed E-state index contributed by atoms with van der Waals surface area (Å²) in [6.07, 6.45) is 24.9. The Hall–Kier alpha value is -14.6. The predicted molar refractivity (Wildman–Crippen MR) is 524 cm³/mol. The van der Waals surface area contributed by atoms with Crippen LogP contribution in [0.25, 0.3) is 106 Å². The highest BCUT2D eigenvalue weighted by Crippen LogP contribution is 2.39. The zero-order valence-corrected chi connectivity index (χ0v) is 78.0. The van der Waals surface area contributed by atoms with Crippen molar-refractivity contribution in [3.05, 3.63) is 258 Å². The van der Waals surface area contributed by atoms with Gasteiger partial charge in [0.15, 0.2) is 22.9 Å². The molecule has 0 unspecified atom stereocenters. The van der Waals surface area contributed by atoms with Gasteiger partial charge in [-0.3, -0.25) is 68.7 Å². The smallest absolute Gasteiger partial charge is 0.258 e. The summed E-state index contributed by atoms with van der Waals surface area (Å²) >= 11 is 1.63. The van der Waals surface area contributed by atoms with Gasteiger partial charge in [-0.1, -0.05) is 68.5 Å². The number of hydrogen-bond acceptors (Lipinski definition) is 24. The van der Waals surface area contributed by atoms with Gasteiger partial charge in [0.1, 0.15) is 27.9 Å². The zero-order chi connectivity index (χ0) is 95.4. The molecular weight excluding hydrogens is 1770 g/mol. The number of thiazole rings is 1. The number of H-pyrrole nitrogens is 3. The molecule has 6 amide bonds. The number of fused-ring (bicyclic) bond motifs is 3. The van der Waals surface area contributed by atoms with E-state index in [0.717, 1.165) is 114 Å². The Morgan fingerprint density at radius 1 is 0.428 bits per heavy atom. The van der Waals surface area contributed by atoms with Gasteiger partial charge in [0, 0.05) is 226 Å². The van der Waals surface area contributed by atoms with E-state index in [1.807, 2.05) is 110 Å². The van der Waals surface area contributed by atoms with Crippen molar-refractivity contribution in [3.8, 4) is 56.5 Å². The number of nitrogens with one attached hydrogen (secondary N) is 6. The largest absolute Gasteiger partial charge is 0.384 e. The number of benzene rings is 5. The molecule has 0 aliphatic carbocycles. The minimum atomic E-state index is -1.14. The number of amides is 6. The van der Waals surface area contributed by atoms with E-state index >= 15 is 4.39 Å². The molecule has 138 heavy (non-hydrogen) atoms. The third-order valence-electron chi connectivity index (χ3n) is 26.6. The minimum absolute atomic E-state index is 0.0504. The fourth-order valence-corrected chi connectivity index (χ4v) is 19.5. The number of hydrogen-bond donors (Lipinski definition) is 6. The Labute approximate surface area is 798 Å². The van der Waals surface area contributed by atoms with E-state index in [4.69, 9.17) is 14.2 Å². The highest BCUT2D eigenvalue weighted by Gasteiger charge is 2.49. The molecular formula is C103H105F2N23O9S. The van der Waals surface area contributed by atoms with Crippen LogP contribution in [0.5, 0.6) is 0 Å². The number of aryl methyl sites for hydroxylation is 2. The molecule has 32 nitrogen and oxygen atoms in total. The second-order valence-corrected chi connectivity index (χ2v) is 36.1. The molecule has 6 aliphatic rings. The predicted octanol–water partition coefficient (Wildman–Crippen LogP) is 13.9. The van der Waals surface area contributed by atoms with Crippen molar-refractivity contribution < 1.29 is 51.8 Å². The lowest BCUT2D eigenvalue weighted by Crippen LogP contribution is -2.48. The van der Waals surface area contributed by atoms with E-state index in [0.29, 0.717) is 149 Å². The number of methoxy groups -OCH3 is 3. The third-order valence-corrected chi connectivity index (χ3v) is 27.5. The Balaban J connectivity index is 0.000000138. The maximum Gasteiger partial charge on any atom is 0.258 e. The van der Waals surface area contributed by atoms with Gasteiger partial charge >= 0.3 is 0 Å². The van der Waals surface area contributed by atoms with Gasteiger partial charge in [-0.15, -0.1) is 11.3 Å². The topological polar surface area (TPSA) is 375 Å². The van der Waals surface area contributed by atoms with Crippen LogP contribution in [-0.4, -0.2) is 273 Å². The van der Waals surface area contributed by atoms with Crippen LogP contribution in [-0.2, 0) is 55.8 Å². The molecule has 35 heteroatoms. The maximum atomic E-state index is 15.1. The molecule has 5 aromatic carbocycles. The summed E-state index contributed by atoms with van der Waals surface area (Å²) in [7, 11) is 4.68. The van der Waals surface area contributed by atoms with Gasteiger partial charge in [-0.25, -0.2) is 34.3 Å². The number of aromatic amines is 3. The van der Waals surface area contributed by atoms with Crippen LogP contribution in [0.1, 0.15) is 79.9 Å². The van der Waals surface area contributed by atoms with Crippen LogP contribution in [0.15, 0.2) is 219 Å². The standard InChI is InChI=1S/C37H38N8O3.C35H32F2N8O3.C31H35N7O3S/c1-3-29-21-28(11-17-38-29)34-31-22-30(9-10-32(31)42-43-34)41-36(47)37(48-2)14-20-44(24-37)23-33(46)45-18-12-26(13-19-45)25-5-7-27(8-6-25)35-39-15-4-16-40-35;1-48-35(34(47)41-25-5-7-29-27(18-25)32(43-42-29)24-4-8-30(37)40-19-24)11-16-44(21-35)20-31(46)45-14-9-22(10-15-45)26-6-3-23(17-28(26)36)33-38-12-2-13-39-33;1-3-23-16-22(6-10-32-23)28-25-17-24(4-5-26(25)35-36-28)34-30(40)31(20-41-2)9-14-37(19-31)18-27(39)38-12-7-21(8-13-38)29-33-11-15-42-29/h4-12,15-17,21-22H,3,13-14,18-20,23-24H2,1-2H3,(H,41,47)(H,42,43);2-9,12-13,17-19H,10-11,14-16,20-21H2,1H3,(H,41,47)(H,42,43);4-7,10-11,15-17H,3,8-9,12-14,18-20H2,1-2H3,(H,34,40)(H,35,36)/t37-;35-;31-/m001/s1. The van der Waals surface area contributed by atoms with Gasteiger partial charge in [-0.05, 0) is 189 Å². The summed E-state index contributed by atoms with van der Waals surface area (Å²) in [5.74, 6) is -0.354. The molecule has 0 spiro atoms. The number of likely N-dealkylation sites (tertiary alicyclic amines) is 3. The lowest BCUT2D eigenvalue weighted by molar-refractivity contribution is -0.138. The van der Waals surface area contributed by atoms with Crippen molar-refractivity contribution in [2.75, 3.05) is 142 Å². The number of pyridine rings is 3. The maximum absolute atomic E-state index is 15.1. The molecule has 0 bridgehead atoms. The second kappa shape index (κ2) is 41.9. The normalized spacial score (nSPS) is 18.5. The summed E-state index contributed by atoms with van der Waals surface area (Å²) in [5, 5.41) is 37.3. The van der Waals surface area contributed by atoms with E-state index in [-0.39, 0.29) is 74.0 Å². The second-order valence-electron chi connectivity index (χ2n) is 35.2. The average molecular weight is 1880 g/mol. The summed E-state index contributed by atoms with van der Waals surface area (Å²) < 4.78 is 45.6. The van der Waals surface area contributed by atoms with Gasteiger partial charge < -0.3 is 44.9 Å². The van der Waals surface area contributed by atoms with Gasteiger partial charge in [0.2, 0.25) is 29.6 Å². The molecule has 9 aromatic heterocycles. The first-order valence-corrected chi connectivity index (χ1v) is 47.1. The highest BCUT2D eigenvalue weighted by molar-refractivity contribution is 7.10. The zero-order valence-electron chi connectivity index (χ0n) is 77.2. The highest BCUT2D eigenvalue weighted by atomic mass is 32.1. The summed E-state index contributed by atoms with van der Waals surface area (Å²) in [6.45, 7) is 11.2. The average Bonchev–Trinajstić information content (AvgIpc) is 1.63. The van der Waals surface area contributed by atoms with Crippen molar-refractivity contribution in [2.24, 2.45) is 5.41 Å². The molecule has 3 fully saturated rings. The first-order valence-electron chi connectivity index (χ1n) is 46.2. The molecule has 3 saturated heterocycles. The fraction of sp³-hybridized carbons (Fsp3) is 0.311. The molecule has 14 aromatic rings. The van der Waals surface area contributed by atoms with Crippen LogP contribution < -0.4 is 16.0 Å². The van der Waals surface area contributed by atoms with Crippen molar-refractivity contribution in [3.63, 3.8) is 0 Å². The van der Waals surface area contributed by atoms with E-state index in [2.05, 4.69) is 129 Å². The first-order chi connectivity index (χ1) is 67.2. The Kier molecular flexibility index (Phi) is 28.5. The molecule has 6 aliphatic heterocycles. The number of halogens is 2. The van der Waals surface area contributed by atoms with E-state index in [1.54, 1.807) is 116 Å². The molecule has 6 N–H and O–H groups in total. The first kappa shape index (κ1) is 93.8. The van der Waals surface area contributed by atoms with E-state index in [9.17, 15) is 33.2 Å². The summed E-state index contributed by atoms with van der Waals surface area (Å²) in [6, 6.07) is 44.4. The van der Waals surface area contributed by atoms with Gasteiger partial charge in [0.05, 0.1) is 48.2 Å². The SMILES string of the molecule is CCc1cc(-c2n[nH]c3ccc(NC(=O)[C@]4(COC)CCN(CC(=O)N5CC=C(c6nccs6)CC5)C4)cc23)ccn1.CCc1cc(-c2n[nH]c3ccc(NC(=O)[C@]4(OC)CCN(CC(=O)N5CC=C(c6ccc(-c7ncccn7)cc6)CC5)C4)cc23)ccn1.CO[C@@]1(C(=O)Nc2ccc3[nH]nc(-c4ccc(F)nc4)c3c2)CCN(CC(=O)N2CC=C(c3ccc(-c4ncccn4)cc3F)CC2)C1. The van der Waals surface area contributed by atoms with Crippen LogP contribution in [0.2, 0.25) is 0 Å². The van der Waals surface area contributed by atoms with Crippen LogP contribution >= 0.6 is 11.3 Å². The molecule has 0 saturated carbocycles. The summed E-state index contributed by atoms with van der Waals surface area (Å²) in [5.41, 5.74) is 14.8. The lowest BCUT2D eigenvalue weighted by Gasteiger charge is -2.30. The van der Waals surface area contributed by atoms with Gasteiger partial charge in [0.25, 0.3) is 11.8 Å². The van der Waals surface area contributed by atoms with E-state index < -0.39 is 22.6 Å². The van der Waals surface area contributed by atoms with Crippen LogP contribution in [0.3, 0.4) is 0 Å². The lowest BCUT2D eigenvalue weighted by atomic mass is 9.87. The van der Waals surface area contributed by atoms with Crippen molar-refractivity contribution >= 4 is 113 Å². The number of ether oxygens (including phenoxy) is 3. The quantitative estimate of drug-likeness (QED) is 0.0274. The molecule has 20 rings (SSSR count). The third kappa shape index (κ3) is 20.9. The Bertz CT molecular complexity index is 6900. The van der Waals surface area contributed by atoms with Crippen molar-refractivity contribution in [1.82, 2.24) is 99.9 Å². The van der Waals surface area contributed by atoms with Crippen molar-refractivity contribution in [2.45, 2.75) is 76.4 Å². The molecule has 0 radical (unpaired) electrons. The van der Waals surface area contributed by atoms with Gasteiger partial charge in [-0.2, -0.15) is 19.7 Å². The fourth-order valence-electron chi connectivity index (χ4n) is 18.7. The Morgan fingerprint density at radius 3 is 1.33 bits per heavy atom. The number of anilines is 3. The number of carbonyl (C=O) groups is 6. The van der Waals surface area contributed by atoms with Crippen LogP contribution in [0, 0.1) is 17.2 Å². The van der Waals surface area contributed by atoms with Crippen LogP contribution in [0.4, 0.5) is 25.8 Å². The number of aromatic nitrogens is 14. The minimum Gasteiger partial charge on any atom is -0.384 e. The molecule has 706 valence electrons.